The van der Waals surface area contributed by atoms with Crippen LogP contribution in [-0.2, 0) is 20.6 Å². The molecule has 10 nitrogen and oxygen atoms in total. The van der Waals surface area contributed by atoms with Crippen molar-refractivity contribution in [2.45, 2.75) is 13.5 Å². The van der Waals surface area contributed by atoms with E-state index < -0.39 is 6.03 Å². The predicted molar refractivity (Wildman–Crippen MR) is 97.4 cm³/mol. The number of hydrogen-bond donors (Lipinski definition) is 2. The van der Waals surface area contributed by atoms with E-state index in [2.05, 4.69) is 20.8 Å². The van der Waals surface area contributed by atoms with E-state index in [-0.39, 0.29) is 12.2 Å². The summed E-state index contributed by atoms with van der Waals surface area (Å²) in [5, 5.41) is 13.0. The minimum absolute atomic E-state index is 0.121. The van der Waals surface area contributed by atoms with Gasteiger partial charge in [-0.2, -0.15) is 0 Å². The molecule has 2 heterocycles. The highest BCUT2D eigenvalue weighted by Gasteiger charge is 2.15. The van der Waals surface area contributed by atoms with Crippen LogP contribution in [0.3, 0.4) is 0 Å². The smallest absolute Gasteiger partial charge is 0.328 e. The first kappa shape index (κ1) is 17.5. The maximum absolute atomic E-state index is 12.3. The van der Waals surface area contributed by atoms with Crippen LogP contribution in [0.5, 0.6) is 0 Å². The van der Waals surface area contributed by atoms with Crippen molar-refractivity contribution in [3.8, 4) is 0 Å². The number of benzene rings is 1. The van der Waals surface area contributed by atoms with Crippen LogP contribution in [0.4, 0.5) is 16.2 Å². The Morgan fingerprint density at radius 1 is 1.19 bits per heavy atom. The van der Waals surface area contributed by atoms with Crippen LogP contribution < -0.4 is 21.2 Å². The van der Waals surface area contributed by atoms with E-state index in [1.165, 1.54) is 0 Å². The third kappa shape index (κ3) is 3.13. The van der Waals surface area contributed by atoms with Gasteiger partial charge >= 0.3 is 11.7 Å². The fourth-order valence-electron chi connectivity index (χ4n) is 2.74. The second kappa shape index (κ2) is 6.54. The lowest BCUT2D eigenvalue weighted by Crippen LogP contribution is -2.29. The molecule has 0 aliphatic rings. The molecule has 0 atom stereocenters. The molecule has 0 unspecified atom stereocenters. The fraction of sp³-hybridized carbons (Fsp3) is 0.375. The van der Waals surface area contributed by atoms with Gasteiger partial charge in [-0.15, -0.1) is 10.2 Å². The summed E-state index contributed by atoms with van der Waals surface area (Å²) in [5.74, 6) is 0.763. The van der Waals surface area contributed by atoms with Crippen LogP contribution >= 0.6 is 0 Å². The number of nitrogens with one attached hydrogen (secondary N) is 2. The number of carbonyl (C=O) groups is 1. The highest BCUT2D eigenvalue weighted by molar-refractivity contribution is 5.97. The molecular formula is C16H21N7O3. The molecule has 2 amide bonds. The molecule has 10 heteroatoms. The third-order valence-electron chi connectivity index (χ3n) is 4.09. The predicted octanol–water partition coefficient (Wildman–Crippen LogP) is 0.956. The summed E-state index contributed by atoms with van der Waals surface area (Å²) in [6.45, 7) is 1.80. The summed E-state index contributed by atoms with van der Waals surface area (Å²) in [6, 6.07) is 3.24. The van der Waals surface area contributed by atoms with E-state index in [9.17, 15) is 9.59 Å². The summed E-state index contributed by atoms with van der Waals surface area (Å²) >= 11 is 0. The summed E-state index contributed by atoms with van der Waals surface area (Å²) in [4.78, 5) is 26.3. The quantitative estimate of drug-likeness (QED) is 0.718. The van der Waals surface area contributed by atoms with Gasteiger partial charge in [0, 0.05) is 35.1 Å². The second-order valence-corrected chi connectivity index (χ2v) is 6.18. The lowest BCUT2D eigenvalue weighted by Gasteiger charge is -2.18. The average Bonchev–Trinajstić information content (AvgIpc) is 3.10. The molecule has 0 saturated carbocycles. The summed E-state index contributed by atoms with van der Waals surface area (Å²) in [5.41, 5.74) is 2.75. The first-order chi connectivity index (χ1) is 12.3. The Morgan fingerprint density at radius 2 is 1.85 bits per heavy atom. The minimum atomic E-state index is -0.413. The lowest BCUT2D eigenvalue weighted by molar-refractivity contribution is 0.250. The van der Waals surface area contributed by atoms with Crippen molar-refractivity contribution in [1.29, 1.82) is 0 Å². The molecule has 26 heavy (non-hydrogen) atoms. The van der Waals surface area contributed by atoms with Gasteiger partial charge in [0.2, 0.25) is 11.8 Å². The number of urea groups is 1. The first-order valence-corrected chi connectivity index (χ1v) is 7.98. The van der Waals surface area contributed by atoms with Crippen molar-refractivity contribution >= 4 is 28.4 Å². The topological polar surface area (TPSA) is 110 Å². The molecule has 138 valence electrons. The Kier molecular flexibility index (Phi) is 4.41. The molecule has 2 aromatic heterocycles. The number of amides is 2. The molecule has 0 saturated heterocycles. The van der Waals surface area contributed by atoms with Crippen LogP contribution in [0, 0.1) is 6.92 Å². The molecule has 1 aromatic carbocycles. The minimum Gasteiger partial charge on any atom is -0.424 e. The molecule has 0 fully saturated rings. The molecule has 3 aromatic rings. The Labute approximate surface area is 149 Å². The zero-order chi connectivity index (χ0) is 19.0. The molecule has 0 spiro atoms. The summed E-state index contributed by atoms with van der Waals surface area (Å²) < 4.78 is 8.34. The third-order valence-corrected chi connectivity index (χ3v) is 4.09. The Hall–Kier alpha value is -3.30. The van der Waals surface area contributed by atoms with E-state index in [0.29, 0.717) is 17.5 Å². The lowest BCUT2D eigenvalue weighted by atomic mass is 10.2. The van der Waals surface area contributed by atoms with Gasteiger partial charge in [-0.3, -0.25) is 9.13 Å². The van der Waals surface area contributed by atoms with E-state index >= 15 is 0 Å². The van der Waals surface area contributed by atoms with Crippen LogP contribution in [-0.4, -0.2) is 39.5 Å². The summed E-state index contributed by atoms with van der Waals surface area (Å²) in [6.07, 6.45) is 0. The maximum Gasteiger partial charge on any atom is 0.328 e. The zero-order valence-corrected chi connectivity index (χ0v) is 15.3. The van der Waals surface area contributed by atoms with E-state index in [0.717, 1.165) is 16.7 Å². The average molecular weight is 359 g/mol. The molecule has 0 aliphatic heterocycles. The van der Waals surface area contributed by atoms with Crippen LogP contribution in [0.1, 0.15) is 11.8 Å². The zero-order valence-electron chi connectivity index (χ0n) is 15.3. The van der Waals surface area contributed by atoms with Gasteiger partial charge in [0.15, 0.2) is 0 Å². The highest BCUT2D eigenvalue weighted by atomic mass is 16.4. The maximum atomic E-state index is 12.3. The van der Waals surface area contributed by atoms with Crippen molar-refractivity contribution in [3.05, 3.63) is 34.4 Å². The Bertz CT molecular complexity index is 1030. The number of carbonyl (C=O) groups excluding carboxylic acids is 1. The number of rotatable bonds is 4. The number of nitrogens with zero attached hydrogens (tertiary/aromatic N) is 5. The van der Waals surface area contributed by atoms with Gasteiger partial charge in [-0.05, 0) is 12.1 Å². The number of imidazole rings is 1. The Morgan fingerprint density at radius 3 is 2.42 bits per heavy atom. The molecular weight excluding hydrogens is 338 g/mol. The normalized spacial score (nSPS) is 11.0. The molecule has 0 radical (unpaired) electrons. The SMILES string of the molecule is Cc1nnc(CNC(=O)Nc2cc3c(cc2N(C)C)n(C)c(=O)n3C)o1. The van der Waals surface area contributed by atoms with Crippen LogP contribution in [0.15, 0.2) is 21.3 Å². The van der Waals surface area contributed by atoms with Crippen LogP contribution in [0.2, 0.25) is 0 Å². The van der Waals surface area contributed by atoms with Crippen LogP contribution in [0.25, 0.3) is 11.0 Å². The monoisotopic (exact) mass is 359 g/mol. The number of fused-ring (bicyclic) bond motifs is 1. The van der Waals surface area contributed by atoms with Gasteiger partial charge in [0.05, 0.1) is 29.0 Å². The van der Waals surface area contributed by atoms with E-state index in [1.807, 2.05) is 25.1 Å². The van der Waals surface area contributed by atoms with E-state index in [1.54, 1.807) is 36.2 Å². The standard InChI is InChI=1S/C16H21N7O3/c1-9-19-20-14(26-9)8-17-15(24)18-10-6-12-13(7-11(10)21(2)3)23(5)16(25)22(12)4/h6-7H,8H2,1-5H3,(H2,17,18,24). The Balaban J connectivity index is 1.88. The molecule has 2 N–H and O–H groups in total. The van der Waals surface area contributed by atoms with Crippen molar-refractivity contribution in [3.63, 3.8) is 0 Å². The fourth-order valence-corrected chi connectivity index (χ4v) is 2.74. The van der Waals surface area contributed by atoms with Crippen molar-refractivity contribution in [2.75, 3.05) is 24.3 Å². The highest BCUT2D eigenvalue weighted by Crippen LogP contribution is 2.29. The van der Waals surface area contributed by atoms with Gasteiger partial charge in [0.25, 0.3) is 0 Å². The van der Waals surface area contributed by atoms with E-state index in [4.69, 9.17) is 4.42 Å². The van der Waals surface area contributed by atoms with Gasteiger partial charge in [-0.25, -0.2) is 9.59 Å². The first-order valence-electron chi connectivity index (χ1n) is 7.98. The number of anilines is 2. The van der Waals surface area contributed by atoms with Crippen molar-refractivity contribution in [1.82, 2.24) is 24.6 Å². The summed E-state index contributed by atoms with van der Waals surface area (Å²) in [7, 11) is 7.15. The number of hydrogen-bond acceptors (Lipinski definition) is 6. The van der Waals surface area contributed by atoms with Gasteiger partial charge in [0.1, 0.15) is 0 Å². The van der Waals surface area contributed by atoms with Crippen molar-refractivity contribution < 1.29 is 9.21 Å². The largest absolute Gasteiger partial charge is 0.424 e. The second-order valence-electron chi connectivity index (χ2n) is 6.18. The van der Waals surface area contributed by atoms with Crippen molar-refractivity contribution in [2.24, 2.45) is 14.1 Å². The molecule has 0 aliphatic carbocycles. The van der Waals surface area contributed by atoms with Gasteiger partial charge in [-0.1, -0.05) is 0 Å². The van der Waals surface area contributed by atoms with Gasteiger partial charge < -0.3 is 20.0 Å². The number of aryl methyl sites for hydroxylation is 3. The number of aromatic nitrogens is 4. The molecule has 0 bridgehead atoms. The molecule has 3 rings (SSSR count).